The maximum atomic E-state index is 12.9. The molecule has 10 heteroatoms. The van der Waals surface area contributed by atoms with Crippen LogP contribution in [0.2, 0.25) is 0 Å². The predicted octanol–water partition coefficient (Wildman–Crippen LogP) is 4.95. The highest BCUT2D eigenvalue weighted by molar-refractivity contribution is 8.18. The molecule has 1 saturated heterocycles. The largest absolute Gasteiger partial charge is 0.462 e. The summed E-state index contributed by atoms with van der Waals surface area (Å²) in [5.41, 5.74) is -0.596. The van der Waals surface area contributed by atoms with Crippen molar-refractivity contribution in [1.82, 2.24) is 4.90 Å². The second-order valence-electron chi connectivity index (χ2n) is 6.59. The summed E-state index contributed by atoms with van der Waals surface area (Å²) in [6.45, 7) is 2.78. The zero-order chi connectivity index (χ0) is 22.1. The van der Waals surface area contributed by atoms with Crippen molar-refractivity contribution >= 4 is 35.0 Å². The number of hydrogen-bond acceptors (Lipinski definition) is 6. The first kappa shape index (κ1) is 21.7. The van der Waals surface area contributed by atoms with Crippen LogP contribution >= 0.6 is 11.8 Å². The van der Waals surface area contributed by atoms with E-state index in [-0.39, 0.29) is 28.1 Å². The SMILES string of the molecule is CC(C)OC(=O)CN1C(=O)S/C(=C/c2ccc(-c3cccc(C(F)(F)F)c3)o2)C1=O. The molecule has 1 aliphatic rings. The first-order valence-electron chi connectivity index (χ1n) is 8.77. The highest BCUT2D eigenvalue weighted by Gasteiger charge is 2.37. The number of alkyl halides is 3. The van der Waals surface area contributed by atoms with Crippen molar-refractivity contribution in [3.8, 4) is 11.3 Å². The lowest BCUT2D eigenvalue weighted by Gasteiger charge is -2.13. The Bertz CT molecular complexity index is 1030. The van der Waals surface area contributed by atoms with Gasteiger partial charge in [0.1, 0.15) is 18.1 Å². The number of ether oxygens (including phenoxy) is 1. The van der Waals surface area contributed by atoms with Crippen molar-refractivity contribution in [3.63, 3.8) is 0 Å². The van der Waals surface area contributed by atoms with Crippen molar-refractivity contribution in [2.75, 3.05) is 6.54 Å². The second kappa shape index (κ2) is 8.39. The fourth-order valence-corrected chi connectivity index (χ4v) is 3.45. The fraction of sp³-hybridized carbons (Fsp3) is 0.250. The average Bonchev–Trinajstić information content (AvgIpc) is 3.21. The molecule has 0 saturated carbocycles. The molecule has 1 aromatic carbocycles. The van der Waals surface area contributed by atoms with E-state index < -0.39 is 35.4 Å². The fourth-order valence-electron chi connectivity index (χ4n) is 2.63. The van der Waals surface area contributed by atoms with Gasteiger partial charge in [0.2, 0.25) is 0 Å². The molecule has 1 aromatic heterocycles. The van der Waals surface area contributed by atoms with Crippen LogP contribution < -0.4 is 0 Å². The van der Waals surface area contributed by atoms with Gasteiger partial charge in [0.15, 0.2) is 0 Å². The standard InChI is InChI=1S/C20H16F3NO5S/c1-11(2)28-17(25)10-24-18(26)16(30-19(24)27)9-14-6-7-15(29-14)12-4-3-5-13(8-12)20(21,22)23/h3-9,11H,10H2,1-2H3/b16-9+. The summed E-state index contributed by atoms with van der Waals surface area (Å²) in [6, 6.07) is 7.57. The summed E-state index contributed by atoms with van der Waals surface area (Å²) in [5.74, 6) is -1.04. The number of hydrogen-bond donors (Lipinski definition) is 0. The smallest absolute Gasteiger partial charge is 0.416 e. The molecule has 158 valence electrons. The summed E-state index contributed by atoms with van der Waals surface area (Å²) >= 11 is 0.630. The summed E-state index contributed by atoms with van der Waals surface area (Å²) < 4.78 is 49.1. The quantitative estimate of drug-likeness (QED) is 0.485. The Morgan fingerprint density at radius 1 is 1.23 bits per heavy atom. The Balaban J connectivity index is 1.77. The molecule has 1 fully saturated rings. The van der Waals surface area contributed by atoms with Gasteiger partial charge in [-0.2, -0.15) is 13.2 Å². The van der Waals surface area contributed by atoms with E-state index in [9.17, 15) is 27.6 Å². The number of thioether (sulfide) groups is 1. The van der Waals surface area contributed by atoms with Crippen molar-refractivity contribution < 1.29 is 36.7 Å². The zero-order valence-corrected chi connectivity index (χ0v) is 16.7. The lowest BCUT2D eigenvalue weighted by atomic mass is 10.1. The first-order chi connectivity index (χ1) is 14.0. The molecule has 3 rings (SSSR count). The number of esters is 1. The average molecular weight is 439 g/mol. The molecule has 2 heterocycles. The summed E-state index contributed by atoms with van der Waals surface area (Å²) in [4.78, 5) is 37.0. The van der Waals surface area contributed by atoms with Gasteiger partial charge < -0.3 is 9.15 Å². The van der Waals surface area contributed by atoms with Crippen molar-refractivity contribution in [1.29, 1.82) is 0 Å². The van der Waals surface area contributed by atoms with E-state index in [1.807, 2.05) is 0 Å². The minimum absolute atomic E-state index is 0.0299. The highest BCUT2D eigenvalue weighted by atomic mass is 32.2. The lowest BCUT2D eigenvalue weighted by molar-refractivity contribution is -0.149. The summed E-state index contributed by atoms with van der Waals surface area (Å²) in [7, 11) is 0. The molecule has 0 radical (unpaired) electrons. The van der Waals surface area contributed by atoms with Gasteiger partial charge in [-0.25, -0.2) is 0 Å². The summed E-state index contributed by atoms with van der Waals surface area (Å²) in [5, 5.41) is -0.628. The Labute approximate surface area is 173 Å². The normalized spacial score (nSPS) is 16.1. The first-order valence-corrected chi connectivity index (χ1v) is 9.58. The molecule has 0 N–H and O–H groups in total. The number of benzene rings is 1. The molecule has 30 heavy (non-hydrogen) atoms. The second-order valence-corrected chi connectivity index (χ2v) is 7.58. The Morgan fingerprint density at radius 2 is 1.97 bits per heavy atom. The van der Waals surface area contributed by atoms with Crippen LogP contribution in [-0.4, -0.2) is 34.7 Å². The predicted molar refractivity (Wildman–Crippen MR) is 103 cm³/mol. The third-order valence-corrected chi connectivity index (χ3v) is 4.81. The van der Waals surface area contributed by atoms with Gasteiger partial charge in [-0.3, -0.25) is 19.3 Å². The van der Waals surface area contributed by atoms with Gasteiger partial charge in [-0.05, 0) is 49.9 Å². The molecule has 1 aliphatic heterocycles. The number of carbonyl (C=O) groups excluding carboxylic acids is 3. The monoisotopic (exact) mass is 439 g/mol. The molecule has 0 unspecified atom stereocenters. The van der Waals surface area contributed by atoms with Crippen molar-refractivity contribution in [2.24, 2.45) is 0 Å². The van der Waals surface area contributed by atoms with Gasteiger partial charge in [0.25, 0.3) is 11.1 Å². The number of amides is 2. The Morgan fingerprint density at radius 3 is 2.63 bits per heavy atom. The molecule has 2 aromatic rings. The third-order valence-electron chi connectivity index (χ3n) is 3.90. The maximum Gasteiger partial charge on any atom is 0.416 e. The number of imide groups is 1. The van der Waals surface area contributed by atoms with Crippen LogP contribution in [0.1, 0.15) is 25.2 Å². The molecular formula is C20H16F3NO5S. The van der Waals surface area contributed by atoms with Crippen LogP contribution in [0, 0.1) is 0 Å². The van der Waals surface area contributed by atoms with Crippen LogP contribution in [0.5, 0.6) is 0 Å². The van der Waals surface area contributed by atoms with Crippen LogP contribution in [0.4, 0.5) is 18.0 Å². The van der Waals surface area contributed by atoms with Gasteiger partial charge in [0, 0.05) is 11.6 Å². The van der Waals surface area contributed by atoms with Crippen LogP contribution in [0.25, 0.3) is 17.4 Å². The third kappa shape index (κ3) is 4.93. The van der Waals surface area contributed by atoms with E-state index in [4.69, 9.17) is 9.15 Å². The van der Waals surface area contributed by atoms with Crippen LogP contribution in [0.15, 0.2) is 45.7 Å². The molecule has 0 aliphatic carbocycles. The van der Waals surface area contributed by atoms with Gasteiger partial charge >= 0.3 is 12.1 Å². The van der Waals surface area contributed by atoms with Crippen LogP contribution in [0.3, 0.4) is 0 Å². The van der Waals surface area contributed by atoms with Crippen LogP contribution in [-0.2, 0) is 20.5 Å². The van der Waals surface area contributed by atoms with Gasteiger partial charge in [-0.15, -0.1) is 0 Å². The van der Waals surface area contributed by atoms with Crippen molar-refractivity contribution in [3.05, 3.63) is 52.6 Å². The number of carbonyl (C=O) groups is 3. The highest BCUT2D eigenvalue weighted by Crippen LogP contribution is 2.35. The number of rotatable bonds is 5. The zero-order valence-electron chi connectivity index (χ0n) is 15.9. The van der Waals surface area contributed by atoms with E-state index in [1.54, 1.807) is 13.8 Å². The van der Waals surface area contributed by atoms with E-state index in [0.29, 0.717) is 11.8 Å². The Hall–Kier alpha value is -3.01. The van der Waals surface area contributed by atoms with Crippen molar-refractivity contribution in [2.45, 2.75) is 26.1 Å². The molecule has 0 spiro atoms. The molecule has 0 atom stereocenters. The number of nitrogens with zero attached hydrogens (tertiary/aromatic N) is 1. The minimum Gasteiger partial charge on any atom is -0.462 e. The molecular weight excluding hydrogens is 423 g/mol. The lowest BCUT2D eigenvalue weighted by Crippen LogP contribution is -2.35. The molecule has 0 bridgehead atoms. The topological polar surface area (TPSA) is 76.8 Å². The van der Waals surface area contributed by atoms with E-state index >= 15 is 0 Å². The van der Waals surface area contributed by atoms with Gasteiger partial charge in [-0.1, -0.05) is 12.1 Å². The molecule has 2 amide bonds. The minimum atomic E-state index is -4.49. The van der Waals surface area contributed by atoms with Gasteiger partial charge in [0.05, 0.1) is 16.6 Å². The number of halogens is 3. The van der Waals surface area contributed by atoms with E-state index in [1.165, 1.54) is 30.3 Å². The Kier molecular flexibility index (Phi) is 6.06. The maximum absolute atomic E-state index is 12.9. The summed E-state index contributed by atoms with van der Waals surface area (Å²) in [6.07, 6.45) is -3.57. The van der Waals surface area contributed by atoms with E-state index in [0.717, 1.165) is 17.0 Å². The molecule has 6 nitrogen and oxygen atoms in total. The van der Waals surface area contributed by atoms with E-state index in [2.05, 4.69) is 0 Å². The number of furan rings is 1.